The van der Waals surface area contributed by atoms with Gasteiger partial charge in [0.2, 0.25) is 0 Å². The molecule has 1 saturated heterocycles. The Morgan fingerprint density at radius 3 is 2.86 bits per heavy atom. The van der Waals surface area contributed by atoms with Crippen LogP contribution in [0.25, 0.3) is 0 Å². The van der Waals surface area contributed by atoms with Crippen molar-refractivity contribution < 1.29 is 4.74 Å². The summed E-state index contributed by atoms with van der Waals surface area (Å²) in [5.41, 5.74) is 1.96. The van der Waals surface area contributed by atoms with Gasteiger partial charge in [0.1, 0.15) is 12.4 Å². The number of pyridine rings is 1. The number of aryl methyl sites for hydroxylation is 1. The molecule has 21 heavy (non-hydrogen) atoms. The van der Waals surface area contributed by atoms with E-state index in [2.05, 4.69) is 36.0 Å². The highest BCUT2D eigenvalue weighted by atomic mass is 16.5. The van der Waals surface area contributed by atoms with Crippen molar-refractivity contribution in [3.63, 3.8) is 0 Å². The van der Waals surface area contributed by atoms with Crippen molar-refractivity contribution >= 4 is 0 Å². The number of rotatable bonds is 6. The van der Waals surface area contributed by atoms with Gasteiger partial charge in [0.25, 0.3) is 0 Å². The van der Waals surface area contributed by atoms with Crippen LogP contribution in [0.3, 0.4) is 0 Å². The monoisotopic (exact) mass is 287 g/mol. The smallest absolute Gasteiger partial charge is 0.140 e. The molecule has 1 saturated carbocycles. The lowest BCUT2D eigenvalue weighted by atomic mass is 10.1. The second kappa shape index (κ2) is 5.34. The van der Waals surface area contributed by atoms with Crippen molar-refractivity contribution in [1.29, 1.82) is 0 Å². The van der Waals surface area contributed by atoms with Gasteiger partial charge in [-0.1, -0.05) is 6.58 Å². The van der Waals surface area contributed by atoms with Crippen molar-refractivity contribution in [1.82, 2.24) is 15.6 Å². The summed E-state index contributed by atoms with van der Waals surface area (Å²) in [5, 5.41) is 6.99. The highest BCUT2D eigenvalue weighted by Gasteiger charge is 2.54. The van der Waals surface area contributed by atoms with Gasteiger partial charge in [0, 0.05) is 17.8 Å². The molecule has 0 radical (unpaired) electrons. The van der Waals surface area contributed by atoms with E-state index < -0.39 is 0 Å². The number of hydrogen-bond donors (Lipinski definition) is 2. The third kappa shape index (κ3) is 3.05. The molecule has 0 spiro atoms. The van der Waals surface area contributed by atoms with Gasteiger partial charge >= 0.3 is 0 Å². The number of nitrogens with one attached hydrogen (secondary N) is 2. The van der Waals surface area contributed by atoms with Crippen LogP contribution in [0.2, 0.25) is 0 Å². The standard InChI is InChI=1S/C17H25N3O/c1-11-15(6-5-7-19-11)21-10-17(3,4)20-12(2)16-13-8-18-9-14(13)16/h5-7,13-14,16,18,20H,2,8-10H2,1,3-4H3/t13-,14+,16?. The molecule has 0 bridgehead atoms. The minimum Gasteiger partial charge on any atom is -0.489 e. The molecular formula is C17H25N3O. The molecule has 3 rings (SSSR count). The first-order chi connectivity index (χ1) is 9.98. The van der Waals surface area contributed by atoms with E-state index in [-0.39, 0.29) is 5.54 Å². The van der Waals surface area contributed by atoms with Crippen LogP contribution in [0.5, 0.6) is 5.75 Å². The molecular weight excluding hydrogens is 262 g/mol. The fourth-order valence-corrected chi connectivity index (χ4v) is 3.37. The summed E-state index contributed by atoms with van der Waals surface area (Å²) in [6.45, 7) is 13.4. The molecule has 2 aliphatic rings. The van der Waals surface area contributed by atoms with Gasteiger partial charge in [-0.25, -0.2) is 0 Å². The van der Waals surface area contributed by atoms with Gasteiger partial charge in [-0.15, -0.1) is 0 Å². The van der Waals surface area contributed by atoms with Crippen molar-refractivity contribution in [2.45, 2.75) is 26.3 Å². The van der Waals surface area contributed by atoms with Crippen molar-refractivity contribution in [3.8, 4) is 5.75 Å². The Labute approximate surface area is 127 Å². The van der Waals surface area contributed by atoms with Crippen LogP contribution in [0.1, 0.15) is 19.5 Å². The number of aromatic nitrogens is 1. The zero-order valence-corrected chi connectivity index (χ0v) is 13.1. The maximum absolute atomic E-state index is 5.92. The molecule has 2 heterocycles. The van der Waals surface area contributed by atoms with Crippen molar-refractivity contribution in [2.75, 3.05) is 19.7 Å². The van der Waals surface area contributed by atoms with Crippen molar-refractivity contribution in [2.24, 2.45) is 17.8 Å². The van der Waals surface area contributed by atoms with Crippen LogP contribution in [0, 0.1) is 24.7 Å². The Morgan fingerprint density at radius 1 is 1.48 bits per heavy atom. The zero-order valence-electron chi connectivity index (χ0n) is 13.1. The molecule has 1 aliphatic carbocycles. The predicted molar refractivity (Wildman–Crippen MR) is 84.2 cm³/mol. The average molecular weight is 287 g/mol. The number of hydrogen-bond acceptors (Lipinski definition) is 4. The summed E-state index contributed by atoms with van der Waals surface area (Å²) in [6, 6.07) is 3.87. The molecule has 1 aromatic rings. The van der Waals surface area contributed by atoms with Crippen LogP contribution in [-0.4, -0.2) is 30.2 Å². The first kappa shape index (κ1) is 14.4. The van der Waals surface area contributed by atoms with E-state index in [1.54, 1.807) is 6.20 Å². The lowest BCUT2D eigenvalue weighted by Crippen LogP contribution is -2.44. The molecule has 0 amide bonds. The fourth-order valence-electron chi connectivity index (χ4n) is 3.37. The van der Waals surface area contributed by atoms with Crippen molar-refractivity contribution in [3.05, 3.63) is 36.3 Å². The molecule has 2 N–H and O–H groups in total. The molecule has 1 aliphatic heterocycles. The van der Waals surface area contributed by atoms with Crippen LogP contribution in [0.15, 0.2) is 30.6 Å². The summed E-state index contributed by atoms with van der Waals surface area (Å²) in [7, 11) is 0. The minimum absolute atomic E-state index is 0.135. The maximum Gasteiger partial charge on any atom is 0.140 e. The Kier molecular flexibility index (Phi) is 3.66. The van der Waals surface area contributed by atoms with Gasteiger partial charge in [-0.2, -0.15) is 0 Å². The van der Waals surface area contributed by atoms with Gasteiger partial charge in [0.15, 0.2) is 0 Å². The van der Waals surface area contributed by atoms with Gasteiger partial charge < -0.3 is 15.4 Å². The summed E-state index contributed by atoms with van der Waals surface area (Å²) in [6.07, 6.45) is 1.79. The largest absolute Gasteiger partial charge is 0.489 e. The predicted octanol–water partition coefficient (Wildman–Crippen LogP) is 2.12. The number of allylic oxidation sites excluding steroid dienone is 1. The number of fused-ring (bicyclic) bond motifs is 1. The van der Waals surface area contributed by atoms with E-state index >= 15 is 0 Å². The highest BCUT2D eigenvalue weighted by molar-refractivity contribution is 5.25. The SMILES string of the molecule is C=C(NC(C)(C)COc1cccnc1C)C1[C@H]2CNC[C@@H]12. The topological polar surface area (TPSA) is 46.2 Å². The first-order valence-corrected chi connectivity index (χ1v) is 7.70. The molecule has 4 heteroatoms. The van der Waals surface area contributed by atoms with Crippen LogP contribution < -0.4 is 15.4 Å². The Bertz CT molecular complexity index is 531. The molecule has 114 valence electrons. The van der Waals surface area contributed by atoms with E-state index in [1.165, 1.54) is 5.70 Å². The fraction of sp³-hybridized carbons (Fsp3) is 0.588. The minimum atomic E-state index is -0.135. The second-order valence-corrected chi connectivity index (χ2v) is 6.92. The van der Waals surface area contributed by atoms with Gasteiger partial charge in [0.05, 0.1) is 11.2 Å². The van der Waals surface area contributed by atoms with E-state index in [0.717, 1.165) is 36.4 Å². The lowest BCUT2D eigenvalue weighted by molar-refractivity contribution is 0.214. The summed E-state index contributed by atoms with van der Waals surface area (Å²) >= 11 is 0. The van der Waals surface area contributed by atoms with E-state index in [0.29, 0.717) is 12.5 Å². The normalized spacial score (nSPS) is 27.1. The third-order valence-electron chi connectivity index (χ3n) is 4.54. The van der Waals surface area contributed by atoms with E-state index in [1.807, 2.05) is 19.1 Å². The molecule has 3 atom stereocenters. The summed E-state index contributed by atoms with van der Waals surface area (Å²) < 4.78 is 5.92. The Morgan fingerprint density at radius 2 is 2.19 bits per heavy atom. The van der Waals surface area contributed by atoms with Gasteiger partial charge in [-0.3, -0.25) is 4.98 Å². The Hall–Kier alpha value is -1.55. The van der Waals surface area contributed by atoms with Crippen LogP contribution >= 0.6 is 0 Å². The average Bonchev–Trinajstić information content (AvgIpc) is 2.92. The number of nitrogens with zero attached hydrogens (tertiary/aromatic N) is 1. The number of ether oxygens (including phenoxy) is 1. The first-order valence-electron chi connectivity index (χ1n) is 7.70. The molecule has 2 fully saturated rings. The van der Waals surface area contributed by atoms with E-state index in [9.17, 15) is 0 Å². The lowest BCUT2D eigenvalue weighted by Gasteiger charge is -2.29. The van der Waals surface area contributed by atoms with Crippen LogP contribution in [-0.2, 0) is 0 Å². The van der Waals surface area contributed by atoms with Gasteiger partial charge in [-0.05, 0) is 57.8 Å². The molecule has 4 nitrogen and oxygen atoms in total. The number of piperidine rings is 1. The second-order valence-electron chi connectivity index (χ2n) is 6.92. The molecule has 0 aromatic carbocycles. The van der Waals surface area contributed by atoms with Crippen LogP contribution in [0.4, 0.5) is 0 Å². The summed E-state index contributed by atoms with van der Waals surface area (Å²) in [4.78, 5) is 4.25. The molecule has 1 aromatic heterocycles. The quantitative estimate of drug-likeness (QED) is 0.841. The highest BCUT2D eigenvalue weighted by Crippen LogP contribution is 2.52. The third-order valence-corrected chi connectivity index (χ3v) is 4.54. The Balaban J connectivity index is 1.52. The van der Waals surface area contributed by atoms with E-state index in [4.69, 9.17) is 4.74 Å². The molecule has 1 unspecified atom stereocenters. The summed E-state index contributed by atoms with van der Waals surface area (Å²) in [5.74, 6) is 3.08. The maximum atomic E-state index is 5.92. The zero-order chi connectivity index (χ0) is 15.0.